The molecule has 3 aromatic rings. The smallest absolute Gasteiger partial charge is 0.238 e. The molecule has 4 heterocycles. The highest BCUT2D eigenvalue weighted by molar-refractivity contribution is 14.1. The van der Waals surface area contributed by atoms with Gasteiger partial charge in [-0.05, 0) is 59.9 Å². The van der Waals surface area contributed by atoms with Crippen LogP contribution in [0.1, 0.15) is 55.5 Å². The number of anilines is 1. The largest absolute Gasteiger partial charge is 0.447 e. The summed E-state index contributed by atoms with van der Waals surface area (Å²) in [6.45, 7) is 3.68. The van der Waals surface area contributed by atoms with Crippen LogP contribution in [-0.4, -0.2) is 28.2 Å². The Hall–Kier alpha value is -2.35. The van der Waals surface area contributed by atoms with Crippen LogP contribution in [0, 0.1) is 21.0 Å². The summed E-state index contributed by atoms with van der Waals surface area (Å²) in [4.78, 5) is 11.0. The fourth-order valence-electron chi connectivity index (χ4n) is 3.71. The van der Waals surface area contributed by atoms with Crippen molar-refractivity contribution in [3.63, 3.8) is 0 Å². The van der Waals surface area contributed by atoms with Crippen molar-refractivity contribution in [3.05, 3.63) is 33.4 Å². The molecule has 3 aromatic heterocycles. The molecule has 0 amide bonds. The quantitative estimate of drug-likeness (QED) is 0.498. The Morgan fingerprint density at radius 2 is 1.96 bits per heavy atom. The van der Waals surface area contributed by atoms with E-state index < -0.39 is 0 Å². The van der Waals surface area contributed by atoms with E-state index in [0.717, 1.165) is 36.1 Å². The standard InChI is InChI=1S/C19H18IN5O3/c1-10-8-12(10)18-22-13(9-21)19(27-18)25-6-4-11(5-7-25)17-23-16(24-28-17)14-2-3-15(20)26-14/h2-3,10-12H,4-8H2,1H3. The lowest BCUT2D eigenvalue weighted by Crippen LogP contribution is -2.33. The number of nitrogens with zero attached hydrogens (tertiary/aromatic N) is 5. The van der Waals surface area contributed by atoms with Gasteiger partial charge < -0.3 is 18.3 Å². The van der Waals surface area contributed by atoms with E-state index in [0.29, 0.717) is 46.8 Å². The van der Waals surface area contributed by atoms with Crippen molar-refractivity contribution in [1.29, 1.82) is 5.26 Å². The Kier molecular flexibility index (Phi) is 4.38. The third kappa shape index (κ3) is 3.19. The zero-order chi connectivity index (χ0) is 19.3. The van der Waals surface area contributed by atoms with Crippen molar-refractivity contribution in [2.24, 2.45) is 5.92 Å². The minimum atomic E-state index is 0.183. The first-order valence-corrected chi connectivity index (χ1v) is 10.5. The van der Waals surface area contributed by atoms with Gasteiger partial charge in [0.25, 0.3) is 0 Å². The van der Waals surface area contributed by atoms with Gasteiger partial charge in [0.2, 0.25) is 29.2 Å². The molecule has 0 radical (unpaired) electrons. The lowest BCUT2D eigenvalue weighted by atomic mass is 9.97. The van der Waals surface area contributed by atoms with Gasteiger partial charge in [0.15, 0.2) is 9.53 Å². The molecule has 2 aliphatic rings. The van der Waals surface area contributed by atoms with Crippen LogP contribution in [0.15, 0.2) is 25.5 Å². The number of rotatable bonds is 4. The van der Waals surface area contributed by atoms with Crippen molar-refractivity contribution in [2.45, 2.75) is 38.0 Å². The Bertz CT molecular complexity index is 1040. The number of hydrogen-bond acceptors (Lipinski definition) is 8. The predicted octanol–water partition coefficient (Wildman–Crippen LogP) is 4.30. The van der Waals surface area contributed by atoms with Crippen LogP contribution in [0.5, 0.6) is 0 Å². The number of nitriles is 1. The topological polar surface area (TPSA) is 105 Å². The van der Waals surface area contributed by atoms with E-state index in [4.69, 9.17) is 13.4 Å². The minimum absolute atomic E-state index is 0.183. The van der Waals surface area contributed by atoms with Gasteiger partial charge >= 0.3 is 0 Å². The third-order valence-corrected chi connectivity index (χ3v) is 6.10. The molecule has 2 unspecified atom stereocenters. The van der Waals surface area contributed by atoms with Gasteiger partial charge in [0, 0.05) is 24.9 Å². The van der Waals surface area contributed by atoms with E-state index >= 15 is 0 Å². The second-order valence-electron chi connectivity index (χ2n) is 7.46. The van der Waals surface area contributed by atoms with Crippen molar-refractivity contribution >= 4 is 28.5 Å². The van der Waals surface area contributed by atoms with E-state index in [-0.39, 0.29) is 5.92 Å². The van der Waals surface area contributed by atoms with Crippen LogP contribution in [0.3, 0.4) is 0 Å². The number of hydrogen-bond donors (Lipinski definition) is 0. The summed E-state index contributed by atoms with van der Waals surface area (Å²) in [5.74, 6) is 4.16. The van der Waals surface area contributed by atoms with Crippen LogP contribution in [0.2, 0.25) is 0 Å². The first kappa shape index (κ1) is 17.7. The van der Waals surface area contributed by atoms with E-state index in [9.17, 15) is 5.26 Å². The summed E-state index contributed by atoms with van der Waals surface area (Å²) in [6, 6.07) is 5.88. The van der Waals surface area contributed by atoms with Gasteiger partial charge in [-0.2, -0.15) is 10.2 Å². The molecule has 8 nitrogen and oxygen atoms in total. The fraction of sp³-hybridized carbons (Fsp3) is 0.474. The second-order valence-corrected chi connectivity index (χ2v) is 8.52. The number of furan rings is 1. The lowest BCUT2D eigenvalue weighted by Gasteiger charge is -2.29. The molecule has 2 atom stereocenters. The SMILES string of the molecule is CC1CC1c1nc(C#N)c(N2CCC(c3nc(-c4ccc(I)o4)no3)CC2)o1. The minimum Gasteiger partial charge on any atom is -0.447 e. The summed E-state index contributed by atoms with van der Waals surface area (Å²) in [6.07, 6.45) is 2.78. The van der Waals surface area contributed by atoms with Crippen molar-refractivity contribution < 1.29 is 13.4 Å². The molecule has 0 N–H and O–H groups in total. The molecule has 144 valence electrons. The number of oxazole rings is 1. The van der Waals surface area contributed by atoms with Crippen LogP contribution in [0.25, 0.3) is 11.6 Å². The maximum atomic E-state index is 9.43. The Labute approximate surface area is 175 Å². The van der Waals surface area contributed by atoms with Gasteiger partial charge in [-0.25, -0.2) is 4.98 Å². The molecule has 1 aliphatic heterocycles. The van der Waals surface area contributed by atoms with E-state index in [1.807, 2.05) is 12.1 Å². The van der Waals surface area contributed by atoms with Gasteiger partial charge in [-0.3, -0.25) is 0 Å². The van der Waals surface area contributed by atoms with Crippen molar-refractivity contribution in [3.8, 4) is 17.7 Å². The number of piperidine rings is 1. The van der Waals surface area contributed by atoms with Crippen LogP contribution in [-0.2, 0) is 0 Å². The predicted molar refractivity (Wildman–Crippen MR) is 107 cm³/mol. The van der Waals surface area contributed by atoms with Crippen LogP contribution < -0.4 is 4.90 Å². The molecule has 0 spiro atoms. The van der Waals surface area contributed by atoms with Crippen LogP contribution >= 0.6 is 22.6 Å². The van der Waals surface area contributed by atoms with E-state index in [2.05, 4.69) is 55.6 Å². The molecular formula is C19H18IN5O3. The Morgan fingerprint density at radius 1 is 1.18 bits per heavy atom. The average Bonchev–Trinajstić information content (AvgIpc) is 3.14. The van der Waals surface area contributed by atoms with Gasteiger partial charge in [0.05, 0.1) is 0 Å². The molecule has 1 saturated carbocycles. The summed E-state index contributed by atoms with van der Waals surface area (Å²) in [7, 11) is 0. The lowest BCUT2D eigenvalue weighted by molar-refractivity contribution is 0.325. The summed E-state index contributed by atoms with van der Waals surface area (Å²) >= 11 is 2.11. The Morgan fingerprint density at radius 3 is 2.61 bits per heavy atom. The molecule has 9 heteroatoms. The normalized spacial score (nSPS) is 22.4. The highest BCUT2D eigenvalue weighted by atomic mass is 127. The van der Waals surface area contributed by atoms with Gasteiger partial charge in [-0.15, -0.1) is 0 Å². The molecule has 5 rings (SSSR count). The van der Waals surface area contributed by atoms with Crippen molar-refractivity contribution in [2.75, 3.05) is 18.0 Å². The molecule has 1 saturated heterocycles. The summed E-state index contributed by atoms with van der Waals surface area (Å²) in [5, 5.41) is 13.5. The maximum Gasteiger partial charge on any atom is 0.238 e. The highest BCUT2D eigenvalue weighted by Gasteiger charge is 2.40. The second kappa shape index (κ2) is 6.92. The molecule has 28 heavy (non-hydrogen) atoms. The molecule has 1 aliphatic carbocycles. The molecule has 2 fully saturated rings. The number of aromatic nitrogens is 3. The average molecular weight is 491 g/mol. The van der Waals surface area contributed by atoms with Crippen LogP contribution in [0.4, 0.5) is 5.88 Å². The van der Waals surface area contributed by atoms with Gasteiger partial charge in [-0.1, -0.05) is 12.1 Å². The van der Waals surface area contributed by atoms with Gasteiger partial charge in [0.1, 0.15) is 6.07 Å². The van der Waals surface area contributed by atoms with E-state index in [1.54, 1.807) is 0 Å². The third-order valence-electron chi connectivity index (χ3n) is 5.53. The van der Waals surface area contributed by atoms with E-state index in [1.165, 1.54) is 0 Å². The monoisotopic (exact) mass is 491 g/mol. The zero-order valence-electron chi connectivity index (χ0n) is 15.3. The number of halogens is 1. The maximum absolute atomic E-state index is 9.43. The molecule has 0 bridgehead atoms. The summed E-state index contributed by atoms with van der Waals surface area (Å²) < 4.78 is 17.8. The summed E-state index contributed by atoms with van der Waals surface area (Å²) in [5.41, 5.74) is 0.389. The molecular weight excluding hydrogens is 473 g/mol. The molecule has 0 aromatic carbocycles. The first-order chi connectivity index (χ1) is 13.6. The van der Waals surface area contributed by atoms with Crippen molar-refractivity contribution in [1.82, 2.24) is 15.1 Å². The highest BCUT2D eigenvalue weighted by Crippen LogP contribution is 2.47. The Balaban J connectivity index is 1.28. The fourth-order valence-corrected chi connectivity index (χ4v) is 4.12. The first-order valence-electron chi connectivity index (χ1n) is 9.37. The zero-order valence-corrected chi connectivity index (χ0v) is 17.4.